The normalized spacial score (nSPS) is 16.3. The highest BCUT2D eigenvalue weighted by Crippen LogP contribution is 2.27. The predicted octanol–water partition coefficient (Wildman–Crippen LogP) is 2.09. The molecule has 20 heavy (non-hydrogen) atoms. The minimum atomic E-state index is 0.319. The zero-order valence-corrected chi connectivity index (χ0v) is 11.7. The number of rotatable bonds is 3. The summed E-state index contributed by atoms with van der Waals surface area (Å²) in [5.74, 6) is 2.53. The van der Waals surface area contributed by atoms with Gasteiger partial charge in [-0.05, 0) is 25.0 Å². The molecule has 0 saturated carbocycles. The van der Waals surface area contributed by atoms with Crippen LogP contribution in [0.1, 0.15) is 24.7 Å². The first-order valence-corrected chi connectivity index (χ1v) is 6.79. The monoisotopic (exact) mass is 274 g/mol. The van der Waals surface area contributed by atoms with Crippen LogP contribution in [0.15, 0.2) is 22.9 Å². The molecule has 0 aliphatic carbocycles. The number of hydrogen-bond acceptors (Lipinski definition) is 6. The Kier molecular flexibility index (Phi) is 3.64. The molecule has 1 fully saturated rings. The van der Waals surface area contributed by atoms with Crippen LogP contribution in [0.2, 0.25) is 0 Å². The van der Waals surface area contributed by atoms with Crippen LogP contribution in [0.3, 0.4) is 0 Å². The third kappa shape index (κ3) is 2.65. The standard InChI is InChI=1S/C14H18N4O2/c1-18(2)12-4-3-11(9-15-12)13-16-14(20-17-13)10-5-7-19-8-6-10/h3-4,9-10H,5-8H2,1-2H3. The maximum atomic E-state index is 5.38. The fraction of sp³-hybridized carbons (Fsp3) is 0.500. The van der Waals surface area contributed by atoms with Crippen molar-refractivity contribution >= 4 is 5.82 Å². The van der Waals surface area contributed by atoms with Crippen molar-refractivity contribution in [3.8, 4) is 11.4 Å². The fourth-order valence-corrected chi connectivity index (χ4v) is 2.25. The zero-order chi connectivity index (χ0) is 13.9. The molecular formula is C14H18N4O2. The van der Waals surface area contributed by atoms with E-state index in [1.54, 1.807) is 6.20 Å². The van der Waals surface area contributed by atoms with Crippen molar-refractivity contribution in [1.82, 2.24) is 15.1 Å². The van der Waals surface area contributed by atoms with Crippen LogP contribution < -0.4 is 4.90 Å². The maximum absolute atomic E-state index is 5.38. The highest BCUT2D eigenvalue weighted by Gasteiger charge is 2.22. The van der Waals surface area contributed by atoms with E-state index in [4.69, 9.17) is 9.26 Å². The average molecular weight is 274 g/mol. The second-order valence-electron chi connectivity index (χ2n) is 5.14. The van der Waals surface area contributed by atoms with Gasteiger partial charge in [0.2, 0.25) is 11.7 Å². The molecule has 1 saturated heterocycles. The molecule has 3 rings (SSSR count). The van der Waals surface area contributed by atoms with Crippen LogP contribution in [0.5, 0.6) is 0 Å². The van der Waals surface area contributed by atoms with Crippen molar-refractivity contribution in [3.63, 3.8) is 0 Å². The summed E-state index contributed by atoms with van der Waals surface area (Å²) in [7, 11) is 3.92. The summed E-state index contributed by atoms with van der Waals surface area (Å²) in [6, 6.07) is 3.90. The molecule has 2 aromatic heterocycles. The largest absolute Gasteiger partial charge is 0.381 e. The molecule has 6 heteroatoms. The second-order valence-corrected chi connectivity index (χ2v) is 5.14. The van der Waals surface area contributed by atoms with Gasteiger partial charge >= 0.3 is 0 Å². The van der Waals surface area contributed by atoms with E-state index >= 15 is 0 Å². The molecule has 0 radical (unpaired) electrons. The molecule has 0 N–H and O–H groups in total. The third-order valence-corrected chi connectivity index (χ3v) is 3.48. The quantitative estimate of drug-likeness (QED) is 0.854. The van der Waals surface area contributed by atoms with Crippen LogP contribution in [-0.2, 0) is 4.74 Å². The molecule has 0 aromatic carbocycles. The van der Waals surface area contributed by atoms with Crippen molar-refractivity contribution in [1.29, 1.82) is 0 Å². The molecular weight excluding hydrogens is 256 g/mol. The summed E-state index contributed by atoms with van der Waals surface area (Å²) in [4.78, 5) is 10.8. The molecule has 0 unspecified atom stereocenters. The lowest BCUT2D eigenvalue weighted by atomic mass is 10.0. The Bertz CT molecular complexity index is 559. The molecule has 0 spiro atoms. The molecule has 1 aliphatic rings. The summed E-state index contributed by atoms with van der Waals surface area (Å²) in [6.07, 6.45) is 3.66. The van der Waals surface area contributed by atoms with Gasteiger partial charge in [0.15, 0.2) is 0 Å². The molecule has 6 nitrogen and oxygen atoms in total. The van der Waals surface area contributed by atoms with Crippen molar-refractivity contribution in [3.05, 3.63) is 24.2 Å². The number of nitrogens with zero attached hydrogens (tertiary/aromatic N) is 4. The zero-order valence-electron chi connectivity index (χ0n) is 11.7. The van der Waals surface area contributed by atoms with E-state index in [0.717, 1.165) is 37.4 Å². The van der Waals surface area contributed by atoms with E-state index in [0.29, 0.717) is 17.6 Å². The van der Waals surface area contributed by atoms with Crippen LogP contribution in [0.25, 0.3) is 11.4 Å². The SMILES string of the molecule is CN(C)c1ccc(-c2noc(C3CCOCC3)n2)cn1. The maximum Gasteiger partial charge on any atom is 0.230 e. The first kappa shape index (κ1) is 13.1. The highest BCUT2D eigenvalue weighted by molar-refractivity contribution is 5.55. The lowest BCUT2D eigenvalue weighted by Crippen LogP contribution is -2.14. The van der Waals surface area contributed by atoms with Crippen molar-refractivity contribution in [2.24, 2.45) is 0 Å². The van der Waals surface area contributed by atoms with Crippen LogP contribution in [0.4, 0.5) is 5.82 Å². The fourth-order valence-electron chi connectivity index (χ4n) is 2.25. The van der Waals surface area contributed by atoms with E-state index in [-0.39, 0.29) is 0 Å². The molecule has 0 bridgehead atoms. The Morgan fingerprint density at radius 3 is 2.65 bits per heavy atom. The summed E-state index contributed by atoms with van der Waals surface area (Å²) in [5.41, 5.74) is 0.873. The molecule has 0 amide bonds. The average Bonchev–Trinajstić information content (AvgIpc) is 2.98. The van der Waals surface area contributed by atoms with Gasteiger partial charge in [-0.1, -0.05) is 5.16 Å². The van der Waals surface area contributed by atoms with Gasteiger partial charge in [0.1, 0.15) is 5.82 Å². The Hall–Kier alpha value is -1.95. The first-order chi connectivity index (χ1) is 9.74. The van der Waals surface area contributed by atoms with Crippen LogP contribution in [-0.4, -0.2) is 42.4 Å². The second kappa shape index (κ2) is 5.58. The van der Waals surface area contributed by atoms with Crippen LogP contribution in [0, 0.1) is 0 Å². The summed E-state index contributed by atoms with van der Waals surface area (Å²) >= 11 is 0. The van der Waals surface area contributed by atoms with Crippen molar-refractivity contribution in [2.75, 3.05) is 32.2 Å². The van der Waals surface area contributed by atoms with Gasteiger partial charge in [0.05, 0.1) is 0 Å². The van der Waals surface area contributed by atoms with Gasteiger partial charge in [-0.15, -0.1) is 0 Å². The number of pyridine rings is 1. The summed E-state index contributed by atoms with van der Waals surface area (Å²) in [6.45, 7) is 1.53. The highest BCUT2D eigenvalue weighted by atomic mass is 16.5. The number of aromatic nitrogens is 3. The van der Waals surface area contributed by atoms with E-state index in [2.05, 4.69) is 15.1 Å². The van der Waals surface area contributed by atoms with Crippen molar-refractivity contribution < 1.29 is 9.26 Å². The lowest BCUT2D eigenvalue weighted by molar-refractivity contribution is 0.0778. The van der Waals surface area contributed by atoms with Gasteiger partial charge < -0.3 is 14.2 Å². The summed E-state index contributed by atoms with van der Waals surface area (Å²) < 4.78 is 10.7. The third-order valence-electron chi connectivity index (χ3n) is 3.48. The molecule has 0 atom stereocenters. The smallest absolute Gasteiger partial charge is 0.230 e. The topological polar surface area (TPSA) is 64.3 Å². The van der Waals surface area contributed by atoms with E-state index in [1.165, 1.54) is 0 Å². The van der Waals surface area contributed by atoms with Gasteiger partial charge in [0, 0.05) is 45.0 Å². The predicted molar refractivity (Wildman–Crippen MR) is 74.7 cm³/mol. The molecule has 1 aliphatic heterocycles. The number of anilines is 1. The van der Waals surface area contributed by atoms with E-state index in [1.807, 2.05) is 31.1 Å². The molecule has 3 heterocycles. The van der Waals surface area contributed by atoms with Gasteiger partial charge in [-0.25, -0.2) is 4.98 Å². The van der Waals surface area contributed by atoms with E-state index in [9.17, 15) is 0 Å². The van der Waals surface area contributed by atoms with Gasteiger partial charge in [-0.2, -0.15) is 4.98 Å². The van der Waals surface area contributed by atoms with E-state index < -0.39 is 0 Å². The lowest BCUT2D eigenvalue weighted by Gasteiger charge is -2.17. The first-order valence-electron chi connectivity index (χ1n) is 6.79. The Morgan fingerprint density at radius 1 is 1.20 bits per heavy atom. The molecule has 106 valence electrons. The Balaban J connectivity index is 1.78. The summed E-state index contributed by atoms with van der Waals surface area (Å²) in [5, 5.41) is 4.06. The Morgan fingerprint density at radius 2 is 2.00 bits per heavy atom. The number of ether oxygens (including phenoxy) is 1. The Labute approximate surface area is 117 Å². The molecule has 2 aromatic rings. The van der Waals surface area contributed by atoms with Crippen molar-refractivity contribution in [2.45, 2.75) is 18.8 Å². The van der Waals surface area contributed by atoms with Crippen LogP contribution >= 0.6 is 0 Å². The van der Waals surface area contributed by atoms with Gasteiger partial charge in [-0.3, -0.25) is 0 Å². The minimum absolute atomic E-state index is 0.319. The number of hydrogen-bond donors (Lipinski definition) is 0. The van der Waals surface area contributed by atoms with Gasteiger partial charge in [0.25, 0.3) is 0 Å². The minimum Gasteiger partial charge on any atom is -0.381 e.